The number of hydrogen-bond donors (Lipinski definition) is 0. The van der Waals surface area contributed by atoms with Crippen molar-refractivity contribution in [3.8, 4) is 11.1 Å². The molecular weight excluding hydrogens is 553 g/mol. The van der Waals surface area contributed by atoms with Crippen molar-refractivity contribution in [2.45, 2.75) is 12.8 Å². The number of hydrogen-bond acceptors (Lipinski definition) is 2. The predicted octanol–water partition coefficient (Wildman–Crippen LogP) is 10.7. The molecule has 10 rings (SSSR count). The van der Waals surface area contributed by atoms with E-state index in [-0.39, 0.29) is 0 Å². The van der Waals surface area contributed by atoms with Crippen LogP contribution in [0.15, 0.2) is 132 Å². The zero-order valence-electron chi connectivity index (χ0n) is 23.9. The maximum absolute atomic E-state index is 7.04. The number of fused-ring (bicyclic) bond motifs is 13. The minimum absolute atomic E-state index is 0.961. The molecule has 44 heavy (non-hydrogen) atoms. The van der Waals surface area contributed by atoms with Gasteiger partial charge < -0.3 is 4.42 Å². The first-order valence-electron chi connectivity index (χ1n) is 15.3. The van der Waals surface area contributed by atoms with E-state index in [2.05, 4.69) is 133 Å². The average Bonchev–Trinajstić information content (AvgIpc) is 3.67. The largest absolute Gasteiger partial charge is 0.455 e. The first-order valence-corrected chi connectivity index (χ1v) is 16.1. The summed E-state index contributed by atoms with van der Waals surface area (Å²) in [5.41, 5.74) is 7.12. The van der Waals surface area contributed by atoms with E-state index in [1.807, 2.05) is 11.3 Å². The van der Waals surface area contributed by atoms with Crippen molar-refractivity contribution in [1.82, 2.24) is 0 Å². The normalized spacial score (nSPS) is 13.4. The Bertz CT molecular complexity index is 2730. The lowest BCUT2D eigenvalue weighted by atomic mass is 9.93. The monoisotopic (exact) mass is 578 g/mol. The van der Waals surface area contributed by atoms with Crippen LogP contribution in [0.3, 0.4) is 0 Å². The number of rotatable bonds is 2. The molecule has 2 aromatic heterocycles. The molecule has 0 bridgehead atoms. The van der Waals surface area contributed by atoms with Crippen LogP contribution in [0.5, 0.6) is 0 Å². The van der Waals surface area contributed by atoms with E-state index in [1.54, 1.807) is 0 Å². The van der Waals surface area contributed by atoms with Gasteiger partial charge in [0.15, 0.2) is 0 Å². The van der Waals surface area contributed by atoms with Crippen LogP contribution in [0.1, 0.15) is 18.4 Å². The highest BCUT2D eigenvalue weighted by molar-refractivity contribution is 7.17. The molecule has 0 saturated heterocycles. The molecular formula is C42H26OS. The summed E-state index contributed by atoms with van der Waals surface area (Å²) in [6.45, 7) is 0. The Morgan fingerprint density at radius 2 is 1.07 bits per heavy atom. The van der Waals surface area contributed by atoms with Gasteiger partial charge in [-0.2, -0.15) is 0 Å². The Morgan fingerprint density at radius 3 is 1.86 bits per heavy atom. The van der Waals surface area contributed by atoms with Crippen molar-refractivity contribution in [2.24, 2.45) is 0 Å². The van der Waals surface area contributed by atoms with Crippen LogP contribution in [0.25, 0.3) is 87.1 Å². The third-order valence-electron chi connectivity index (χ3n) is 9.55. The Balaban J connectivity index is 1.31. The number of para-hydroxylation sites is 1. The predicted molar refractivity (Wildman–Crippen MR) is 189 cm³/mol. The molecule has 7 aromatic carbocycles. The minimum Gasteiger partial charge on any atom is -0.455 e. The van der Waals surface area contributed by atoms with Crippen LogP contribution in [0.2, 0.25) is 0 Å². The fourth-order valence-electron chi connectivity index (χ4n) is 7.62. The van der Waals surface area contributed by atoms with Crippen molar-refractivity contribution < 1.29 is 4.42 Å². The summed E-state index contributed by atoms with van der Waals surface area (Å²) in [6, 6.07) is 46.4. The third kappa shape index (κ3) is 3.29. The van der Waals surface area contributed by atoms with Crippen molar-refractivity contribution in [2.75, 3.05) is 0 Å². The van der Waals surface area contributed by atoms with Crippen LogP contribution in [-0.4, -0.2) is 0 Å². The van der Waals surface area contributed by atoms with Gasteiger partial charge in [-0.25, -0.2) is 0 Å². The molecule has 0 saturated carbocycles. The van der Waals surface area contributed by atoms with Gasteiger partial charge in [-0.3, -0.25) is 0 Å². The average molecular weight is 579 g/mol. The van der Waals surface area contributed by atoms with Gasteiger partial charge in [0.05, 0.1) is 0 Å². The highest BCUT2D eigenvalue weighted by Gasteiger charge is 2.20. The second-order valence-electron chi connectivity index (χ2n) is 11.9. The van der Waals surface area contributed by atoms with Gasteiger partial charge in [-0.05, 0) is 62.2 Å². The molecule has 0 N–H and O–H groups in total. The molecule has 0 aliphatic heterocycles. The van der Waals surface area contributed by atoms with Crippen LogP contribution < -0.4 is 9.75 Å². The van der Waals surface area contributed by atoms with Crippen LogP contribution in [-0.2, 0) is 0 Å². The Morgan fingerprint density at radius 1 is 0.477 bits per heavy atom. The van der Waals surface area contributed by atoms with Crippen molar-refractivity contribution >= 4 is 87.3 Å². The summed E-state index contributed by atoms with van der Waals surface area (Å²) in [5, 5.41) is 12.5. The number of thiophene rings is 1. The van der Waals surface area contributed by atoms with Crippen molar-refractivity contribution in [3.05, 3.63) is 143 Å². The second-order valence-corrected chi connectivity index (χ2v) is 12.9. The van der Waals surface area contributed by atoms with Gasteiger partial charge in [0, 0.05) is 41.9 Å². The number of furan rings is 1. The standard InChI is InChI=1S/C42H26OS/c1-2-11-25(12-3-1)26-17-8-21-36-37-22-10-20-35(42(37)44-41(26)36)33-19-9-18-32-34-24-23-31-29-15-5-4-13-27(29)28-14-6-7-16-30(28)38(31)40(34)43-39(32)33/h1-7,9-16,18-24H,8,17H2. The highest BCUT2D eigenvalue weighted by Crippen LogP contribution is 2.44. The molecule has 2 heteroatoms. The molecule has 0 unspecified atom stereocenters. The first kappa shape index (κ1) is 24.3. The molecule has 206 valence electrons. The lowest BCUT2D eigenvalue weighted by molar-refractivity contribution is 0.674. The summed E-state index contributed by atoms with van der Waals surface area (Å²) < 4.78 is 9.78. The third-order valence-corrected chi connectivity index (χ3v) is 10.9. The van der Waals surface area contributed by atoms with E-state index < -0.39 is 0 Å². The van der Waals surface area contributed by atoms with E-state index in [4.69, 9.17) is 4.42 Å². The fourth-order valence-corrected chi connectivity index (χ4v) is 9.05. The lowest BCUT2D eigenvalue weighted by Gasteiger charge is -2.10. The van der Waals surface area contributed by atoms with Gasteiger partial charge in [-0.15, -0.1) is 11.3 Å². The van der Waals surface area contributed by atoms with Crippen LogP contribution in [0, 0.1) is 0 Å². The summed E-state index contributed by atoms with van der Waals surface area (Å²) in [7, 11) is 0. The Kier molecular flexibility index (Phi) is 5.05. The summed E-state index contributed by atoms with van der Waals surface area (Å²) in [4.78, 5) is 0. The second kappa shape index (κ2) is 9.16. The van der Waals surface area contributed by atoms with Crippen LogP contribution in [0.4, 0.5) is 0 Å². The zero-order valence-corrected chi connectivity index (χ0v) is 24.7. The van der Waals surface area contributed by atoms with Gasteiger partial charge >= 0.3 is 0 Å². The SMILES string of the molecule is C1=c2c(sc3c(-c4cccc5c4oc4c5ccc5c6ccccc6c6ccccc6c54)cccc23)=C(c2ccccc2)CC1. The zero-order chi connectivity index (χ0) is 28.8. The van der Waals surface area contributed by atoms with E-state index in [0.717, 1.165) is 35.0 Å². The van der Waals surface area contributed by atoms with Gasteiger partial charge in [-0.1, -0.05) is 127 Å². The molecule has 0 fully saturated rings. The molecule has 1 aliphatic rings. The van der Waals surface area contributed by atoms with Crippen molar-refractivity contribution in [3.63, 3.8) is 0 Å². The topological polar surface area (TPSA) is 13.1 Å². The summed E-state index contributed by atoms with van der Waals surface area (Å²) in [5.74, 6) is 0. The number of benzene rings is 7. The summed E-state index contributed by atoms with van der Waals surface area (Å²) in [6.07, 6.45) is 4.59. The maximum atomic E-state index is 7.04. The van der Waals surface area contributed by atoms with E-state index in [9.17, 15) is 0 Å². The molecule has 9 aromatic rings. The molecule has 0 amide bonds. The van der Waals surface area contributed by atoms with Crippen LogP contribution >= 0.6 is 11.3 Å². The Hall–Kier alpha value is -5.18. The van der Waals surface area contributed by atoms with Gasteiger partial charge in [0.25, 0.3) is 0 Å². The van der Waals surface area contributed by atoms with E-state index in [0.29, 0.717) is 0 Å². The molecule has 1 nitrogen and oxygen atoms in total. The molecule has 1 aliphatic carbocycles. The maximum Gasteiger partial charge on any atom is 0.143 e. The first-order chi connectivity index (χ1) is 21.8. The van der Waals surface area contributed by atoms with E-state index in [1.165, 1.54) is 74.2 Å². The van der Waals surface area contributed by atoms with Gasteiger partial charge in [0.1, 0.15) is 11.2 Å². The lowest BCUT2D eigenvalue weighted by Crippen LogP contribution is -2.24. The van der Waals surface area contributed by atoms with E-state index >= 15 is 0 Å². The molecule has 0 spiro atoms. The van der Waals surface area contributed by atoms with Crippen molar-refractivity contribution in [1.29, 1.82) is 0 Å². The molecule has 2 heterocycles. The minimum atomic E-state index is 0.961. The summed E-state index contributed by atoms with van der Waals surface area (Å²) >= 11 is 1.94. The highest BCUT2D eigenvalue weighted by atomic mass is 32.1. The van der Waals surface area contributed by atoms with Gasteiger partial charge in [0.2, 0.25) is 0 Å². The molecule has 0 atom stereocenters. The fraction of sp³-hybridized carbons (Fsp3) is 0.0476. The quantitative estimate of drug-likeness (QED) is 0.186. The molecule has 0 radical (unpaired) electrons. The Labute approximate surface area is 257 Å². The smallest absolute Gasteiger partial charge is 0.143 e.